The van der Waals surface area contributed by atoms with Crippen molar-refractivity contribution in [1.29, 1.82) is 0 Å². The summed E-state index contributed by atoms with van der Waals surface area (Å²) < 4.78 is 10.9. The van der Waals surface area contributed by atoms with Crippen molar-refractivity contribution in [3.63, 3.8) is 0 Å². The molecule has 0 aliphatic carbocycles. The van der Waals surface area contributed by atoms with Crippen LogP contribution in [0.5, 0.6) is 0 Å². The summed E-state index contributed by atoms with van der Waals surface area (Å²) in [6.45, 7) is 8.83. The SMILES string of the molecule is CC(C)(N)C(C)(C)c1nc(CC2CCCO2)no1. The minimum absolute atomic E-state index is 0.240. The van der Waals surface area contributed by atoms with Crippen molar-refractivity contribution in [2.45, 2.75) is 64.0 Å². The first-order valence-corrected chi connectivity index (χ1v) is 6.54. The van der Waals surface area contributed by atoms with E-state index in [0.717, 1.165) is 25.9 Å². The van der Waals surface area contributed by atoms with Crippen LogP contribution in [0.15, 0.2) is 4.52 Å². The molecule has 0 bridgehead atoms. The van der Waals surface area contributed by atoms with Crippen molar-refractivity contribution < 1.29 is 9.26 Å². The third-order valence-electron chi connectivity index (χ3n) is 4.05. The molecule has 2 heterocycles. The van der Waals surface area contributed by atoms with Crippen molar-refractivity contribution in [2.75, 3.05) is 6.61 Å². The maximum atomic E-state index is 6.17. The summed E-state index contributed by atoms with van der Waals surface area (Å²) >= 11 is 0. The quantitative estimate of drug-likeness (QED) is 0.885. The van der Waals surface area contributed by atoms with Crippen molar-refractivity contribution in [2.24, 2.45) is 5.73 Å². The van der Waals surface area contributed by atoms with E-state index in [2.05, 4.69) is 10.1 Å². The predicted octanol–water partition coefficient (Wildman–Crippen LogP) is 1.81. The fraction of sp³-hybridized carbons (Fsp3) is 0.846. The van der Waals surface area contributed by atoms with Gasteiger partial charge in [-0.15, -0.1) is 0 Å². The molecule has 5 nitrogen and oxygen atoms in total. The molecule has 102 valence electrons. The Bertz CT molecular complexity index is 401. The van der Waals surface area contributed by atoms with E-state index in [9.17, 15) is 0 Å². The van der Waals surface area contributed by atoms with Gasteiger partial charge in [-0.2, -0.15) is 4.98 Å². The zero-order chi connectivity index (χ0) is 13.4. The second-order valence-corrected chi connectivity index (χ2v) is 6.20. The highest BCUT2D eigenvalue weighted by molar-refractivity contribution is 5.11. The van der Waals surface area contributed by atoms with Crippen molar-refractivity contribution in [3.05, 3.63) is 11.7 Å². The topological polar surface area (TPSA) is 74.2 Å². The van der Waals surface area contributed by atoms with Gasteiger partial charge in [0.1, 0.15) is 0 Å². The predicted molar refractivity (Wildman–Crippen MR) is 68.3 cm³/mol. The van der Waals surface area contributed by atoms with Gasteiger partial charge in [-0.3, -0.25) is 0 Å². The van der Waals surface area contributed by atoms with E-state index in [0.29, 0.717) is 11.7 Å². The van der Waals surface area contributed by atoms with Crippen LogP contribution in [0.25, 0.3) is 0 Å². The number of nitrogens with two attached hydrogens (primary N) is 1. The van der Waals surface area contributed by atoms with E-state index >= 15 is 0 Å². The molecular formula is C13H23N3O2. The van der Waals surface area contributed by atoms with Crippen LogP contribution in [-0.4, -0.2) is 28.4 Å². The summed E-state index contributed by atoms with van der Waals surface area (Å²) in [6, 6.07) is 0. The fourth-order valence-corrected chi connectivity index (χ4v) is 1.88. The number of hydrogen-bond acceptors (Lipinski definition) is 5. The van der Waals surface area contributed by atoms with E-state index in [1.54, 1.807) is 0 Å². The zero-order valence-electron chi connectivity index (χ0n) is 11.7. The molecule has 1 aromatic heterocycles. The monoisotopic (exact) mass is 253 g/mol. The second kappa shape index (κ2) is 4.63. The standard InChI is InChI=1S/C13H23N3O2/c1-12(2,13(3,4)14)11-15-10(16-18-11)8-9-6-5-7-17-9/h9H,5-8,14H2,1-4H3. The summed E-state index contributed by atoms with van der Waals surface area (Å²) in [7, 11) is 0. The summed E-state index contributed by atoms with van der Waals surface area (Å²) in [5, 5.41) is 4.04. The molecule has 1 aliphatic rings. The van der Waals surface area contributed by atoms with Crippen LogP contribution >= 0.6 is 0 Å². The van der Waals surface area contributed by atoms with Crippen LogP contribution in [-0.2, 0) is 16.6 Å². The average Bonchev–Trinajstić information content (AvgIpc) is 2.87. The zero-order valence-corrected chi connectivity index (χ0v) is 11.7. The van der Waals surface area contributed by atoms with Crippen LogP contribution < -0.4 is 5.73 Å². The molecule has 0 saturated carbocycles. The smallest absolute Gasteiger partial charge is 0.234 e. The van der Waals surface area contributed by atoms with Crippen molar-refractivity contribution in [3.8, 4) is 0 Å². The molecule has 0 amide bonds. The summed E-state index contributed by atoms with van der Waals surface area (Å²) in [6.07, 6.45) is 3.17. The summed E-state index contributed by atoms with van der Waals surface area (Å²) in [4.78, 5) is 4.47. The fourth-order valence-electron chi connectivity index (χ4n) is 1.88. The number of ether oxygens (including phenoxy) is 1. The Kier molecular flexibility index (Phi) is 3.47. The molecule has 0 aromatic carbocycles. The van der Waals surface area contributed by atoms with Gasteiger partial charge in [-0.1, -0.05) is 5.16 Å². The first-order chi connectivity index (χ1) is 8.30. The van der Waals surface area contributed by atoms with Gasteiger partial charge >= 0.3 is 0 Å². The Morgan fingerprint density at radius 3 is 2.61 bits per heavy atom. The van der Waals surface area contributed by atoms with E-state index in [-0.39, 0.29) is 11.5 Å². The van der Waals surface area contributed by atoms with Gasteiger partial charge in [0.25, 0.3) is 0 Å². The van der Waals surface area contributed by atoms with Gasteiger partial charge in [-0.25, -0.2) is 0 Å². The lowest BCUT2D eigenvalue weighted by atomic mass is 9.75. The van der Waals surface area contributed by atoms with Gasteiger partial charge in [0.05, 0.1) is 11.5 Å². The molecule has 1 atom stereocenters. The molecule has 1 aromatic rings. The number of nitrogens with zero attached hydrogens (tertiary/aromatic N) is 2. The van der Waals surface area contributed by atoms with Crippen molar-refractivity contribution in [1.82, 2.24) is 10.1 Å². The molecule has 1 fully saturated rings. The maximum Gasteiger partial charge on any atom is 0.234 e. The lowest BCUT2D eigenvalue weighted by Crippen LogP contribution is -2.50. The van der Waals surface area contributed by atoms with E-state index < -0.39 is 5.54 Å². The number of hydrogen-bond donors (Lipinski definition) is 1. The minimum atomic E-state index is -0.416. The van der Waals surface area contributed by atoms with Gasteiger partial charge in [0, 0.05) is 18.6 Å². The molecule has 2 rings (SSSR count). The van der Waals surface area contributed by atoms with Crippen LogP contribution in [0.1, 0.15) is 52.3 Å². The normalized spacial score (nSPS) is 21.5. The first-order valence-electron chi connectivity index (χ1n) is 6.54. The van der Waals surface area contributed by atoms with E-state index in [1.165, 1.54) is 0 Å². The van der Waals surface area contributed by atoms with Gasteiger partial charge in [0.2, 0.25) is 5.89 Å². The molecule has 1 saturated heterocycles. The summed E-state index contributed by atoms with van der Waals surface area (Å²) in [5.41, 5.74) is 5.40. The minimum Gasteiger partial charge on any atom is -0.378 e. The molecule has 0 radical (unpaired) electrons. The third-order valence-corrected chi connectivity index (χ3v) is 4.05. The van der Waals surface area contributed by atoms with Crippen LogP contribution in [0.2, 0.25) is 0 Å². The van der Waals surface area contributed by atoms with Gasteiger partial charge in [-0.05, 0) is 40.5 Å². The molecule has 0 spiro atoms. The highest BCUT2D eigenvalue weighted by Crippen LogP contribution is 2.31. The Morgan fingerprint density at radius 2 is 2.06 bits per heavy atom. The average molecular weight is 253 g/mol. The highest BCUT2D eigenvalue weighted by atomic mass is 16.5. The molecular weight excluding hydrogens is 230 g/mol. The molecule has 1 unspecified atom stereocenters. The number of rotatable bonds is 4. The van der Waals surface area contributed by atoms with Crippen LogP contribution in [0.3, 0.4) is 0 Å². The van der Waals surface area contributed by atoms with Crippen LogP contribution in [0.4, 0.5) is 0 Å². The van der Waals surface area contributed by atoms with Gasteiger partial charge < -0.3 is 15.0 Å². The van der Waals surface area contributed by atoms with Crippen molar-refractivity contribution >= 4 is 0 Å². The third kappa shape index (κ3) is 2.57. The Labute approximate surface area is 108 Å². The highest BCUT2D eigenvalue weighted by Gasteiger charge is 2.40. The first kappa shape index (κ1) is 13.5. The second-order valence-electron chi connectivity index (χ2n) is 6.20. The number of aromatic nitrogens is 2. The van der Waals surface area contributed by atoms with E-state index in [1.807, 2.05) is 27.7 Å². The molecule has 1 aliphatic heterocycles. The Morgan fingerprint density at radius 1 is 1.33 bits per heavy atom. The Balaban J connectivity index is 2.10. The largest absolute Gasteiger partial charge is 0.378 e. The van der Waals surface area contributed by atoms with E-state index in [4.69, 9.17) is 15.0 Å². The Hall–Kier alpha value is -0.940. The molecule has 18 heavy (non-hydrogen) atoms. The summed E-state index contributed by atoms with van der Waals surface area (Å²) in [5.74, 6) is 1.32. The van der Waals surface area contributed by atoms with Crippen LogP contribution in [0, 0.1) is 0 Å². The molecule has 5 heteroatoms. The molecule has 2 N–H and O–H groups in total. The lowest BCUT2D eigenvalue weighted by molar-refractivity contribution is 0.109. The lowest BCUT2D eigenvalue weighted by Gasteiger charge is -2.34. The maximum absolute atomic E-state index is 6.17. The van der Waals surface area contributed by atoms with Gasteiger partial charge in [0.15, 0.2) is 5.82 Å².